The molecule has 0 atom stereocenters. The normalized spacial score (nSPS) is 10.9. The maximum absolute atomic E-state index is 12.2. The van der Waals surface area contributed by atoms with Crippen molar-refractivity contribution in [1.29, 1.82) is 0 Å². The number of carbonyl (C=O) groups excluding carboxylic acids is 1. The lowest BCUT2D eigenvalue weighted by Gasteiger charge is -2.18. The average molecular weight is 434 g/mol. The largest absolute Gasteiger partial charge is 0.493 e. The molecule has 2 rings (SSSR count). The molecule has 0 saturated carbocycles. The molecular formula is C23H32ClN3O3. The summed E-state index contributed by atoms with van der Waals surface area (Å²) in [6, 6.07) is 11.3. The maximum atomic E-state index is 12.2. The molecule has 6 nitrogen and oxygen atoms in total. The lowest BCUT2D eigenvalue weighted by atomic mass is 10.2. The highest BCUT2D eigenvalue weighted by Crippen LogP contribution is 2.36. The standard InChI is InChI=1S/C23H32ClN3O3/c1-5-27(6-2)12-11-25-15-18-13-20(24)23(21(14-18)29-4)30-16-22(28)26-19-9-7-17(3)8-10-19/h7-10,13-14,25H,5-6,11-12,15-16H2,1-4H3,(H,26,28). The molecule has 0 bridgehead atoms. The minimum Gasteiger partial charge on any atom is -0.493 e. The summed E-state index contributed by atoms with van der Waals surface area (Å²) < 4.78 is 11.1. The highest BCUT2D eigenvalue weighted by atomic mass is 35.5. The van der Waals surface area contributed by atoms with Gasteiger partial charge in [0, 0.05) is 25.3 Å². The fourth-order valence-electron chi connectivity index (χ4n) is 3.00. The van der Waals surface area contributed by atoms with E-state index in [-0.39, 0.29) is 12.5 Å². The number of benzene rings is 2. The van der Waals surface area contributed by atoms with Crippen molar-refractivity contribution in [3.05, 3.63) is 52.5 Å². The topological polar surface area (TPSA) is 62.8 Å². The molecule has 0 radical (unpaired) electrons. The van der Waals surface area contributed by atoms with Crippen molar-refractivity contribution in [2.24, 2.45) is 0 Å². The van der Waals surface area contributed by atoms with Crippen molar-refractivity contribution in [2.45, 2.75) is 27.3 Å². The first kappa shape index (κ1) is 24.0. The minimum atomic E-state index is -0.265. The van der Waals surface area contributed by atoms with E-state index in [1.165, 1.54) is 0 Å². The number of nitrogens with one attached hydrogen (secondary N) is 2. The van der Waals surface area contributed by atoms with E-state index in [0.717, 1.165) is 43.0 Å². The van der Waals surface area contributed by atoms with Gasteiger partial charge in [0.2, 0.25) is 0 Å². The van der Waals surface area contributed by atoms with E-state index in [2.05, 4.69) is 29.4 Å². The van der Waals surface area contributed by atoms with Gasteiger partial charge in [0.1, 0.15) is 0 Å². The Bertz CT molecular complexity index is 808. The van der Waals surface area contributed by atoms with Gasteiger partial charge in [-0.05, 0) is 49.8 Å². The summed E-state index contributed by atoms with van der Waals surface area (Å²) in [4.78, 5) is 14.6. The van der Waals surface area contributed by atoms with Crippen LogP contribution in [0.5, 0.6) is 11.5 Å². The quantitative estimate of drug-likeness (QED) is 0.493. The smallest absolute Gasteiger partial charge is 0.262 e. The molecule has 1 amide bonds. The predicted molar refractivity (Wildman–Crippen MR) is 123 cm³/mol. The second-order valence-electron chi connectivity index (χ2n) is 7.02. The summed E-state index contributed by atoms with van der Waals surface area (Å²) in [5.74, 6) is 0.607. The van der Waals surface area contributed by atoms with Crippen LogP contribution in [-0.2, 0) is 11.3 Å². The molecule has 2 aromatic rings. The van der Waals surface area contributed by atoms with Gasteiger partial charge >= 0.3 is 0 Å². The Morgan fingerprint density at radius 1 is 1.13 bits per heavy atom. The van der Waals surface area contributed by atoms with Crippen LogP contribution in [-0.4, -0.2) is 50.7 Å². The third kappa shape index (κ3) is 7.52. The van der Waals surface area contributed by atoms with Crippen LogP contribution < -0.4 is 20.1 Å². The molecule has 0 spiro atoms. The Labute approximate surface area is 184 Å². The van der Waals surface area contributed by atoms with Gasteiger partial charge in [0.25, 0.3) is 5.91 Å². The highest BCUT2D eigenvalue weighted by Gasteiger charge is 2.14. The van der Waals surface area contributed by atoms with Gasteiger partial charge in [-0.25, -0.2) is 0 Å². The van der Waals surface area contributed by atoms with E-state index < -0.39 is 0 Å². The zero-order valence-electron chi connectivity index (χ0n) is 18.3. The molecule has 0 aliphatic rings. The van der Waals surface area contributed by atoms with Crippen molar-refractivity contribution >= 4 is 23.2 Å². The van der Waals surface area contributed by atoms with Crippen LogP contribution >= 0.6 is 11.6 Å². The minimum absolute atomic E-state index is 0.161. The van der Waals surface area contributed by atoms with Crippen molar-refractivity contribution in [3.63, 3.8) is 0 Å². The lowest BCUT2D eigenvalue weighted by molar-refractivity contribution is -0.118. The number of carbonyl (C=O) groups is 1. The Balaban J connectivity index is 1.91. The zero-order chi connectivity index (χ0) is 21.9. The van der Waals surface area contributed by atoms with Crippen LogP contribution in [0.1, 0.15) is 25.0 Å². The summed E-state index contributed by atoms with van der Waals surface area (Å²) >= 11 is 6.41. The SMILES string of the molecule is CCN(CC)CCNCc1cc(Cl)c(OCC(=O)Nc2ccc(C)cc2)c(OC)c1. The Morgan fingerprint density at radius 2 is 1.83 bits per heavy atom. The summed E-state index contributed by atoms with van der Waals surface area (Å²) in [5.41, 5.74) is 2.84. The fraction of sp³-hybridized carbons (Fsp3) is 0.435. The predicted octanol–water partition coefficient (Wildman–Crippen LogP) is 4.11. The van der Waals surface area contributed by atoms with Crippen molar-refractivity contribution in [3.8, 4) is 11.5 Å². The van der Waals surface area contributed by atoms with Gasteiger partial charge in [-0.2, -0.15) is 0 Å². The summed E-state index contributed by atoms with van der Waals surface area (Å²) in [7, 11) is 1.56. The van der Waals surface area contributed by atoms with Crippen molar-refractivity contribution in [1.82, 2.24) is 10.2 Å². The first-order valence-corrected chi connectivity index (χ1v) is 10.6. The molecule has 0 aliphatic carbocycles. The highest BCUT2D eigenvalue weighted by molar-refractivity contribution is 6.32. The molecule has 164 valence electrons. The van der Waals surface area contributed by atoms with Gasteiger partial charge in [-0.1, -0.05) is 43.1 Å². The number of anilines is 1. The third-order valence-electron chi connectivity index (χ3n) is 4.80. The molecule has 0 fully saturated rings. The second-order valence-corrected chi connectivity index (χ2v) is 7.42. The summed E-state index contributed by atoms with van der Waals surface area (Å²) in [6.45, 7) is 10.8. The molecule has 0 saturated heterocycles. The van der Waals surface area contributed by atoms with E-state index in [0.29, 0.717) is 23.1 Å². The van der Waals surface area contributed by atoms with Gasteiger partial charge in [0.05, 0.1) is 12.1 Å². The van der Waals surface area contributed by atoms with Gasteiger partial charge in [-0.15, -0.1) is 0 Å². The van der Waals surface area contributed by atoms with E-state index in [4.69, 9.17) is 21.1 Å². The van der Waals surface area contributed by atoms with E-state index >= 15 is 0 Å². The van der Waals surface area contributed by atoms with Crippen LogP contribution in [0.3, 0.4) is 0 Å². The van der Waals surface area contributed by atoms with E-state index in [9.17, 15) is 4.79 Å². The molecule has 0 aromatic heterocycles. The average Bonchev–Trinajstić information content (AvgIpc) is 2.74. The van der Waals surface area contributed by atoms with Crippen LogP contribution in [0.15, 0.2) is 36.4 Å². The number of methoxy groups -OCH3 is 1. The summed E-state index contributed by atoms with van der Waals surface area (Å²) in [6.07, 6.45) is 0. The monoisotopic (exact) mass is 433 g/mol. The third-order valence-corrected chi connectivity index (χ3v) is 5.08. The number of hydrogen-bond acceptors (Lipinski definition) is 5. The number of ether oxygens (including phenoxy) is 2. The first-order chi connectivity index (χ1) is 14.5. The number of likely N-dealkylation sites (N-methyl/N-ethyl adjacent to an activating group) is 1. The van der Waals surface area contributed by atoms with E-state index in [1.54, 1.807) is 7.11 Å². The molecule has 7 heteroatoms. The number of amides is 1. The molecule has 0 heterocycles. The number of aryl methyl sites for hydroxylation is 1. The molecule has 30 heavy (non-hydrogen) atoms. The van der Waals surface area contributed by atoms with Crippen LogP contribution in [0, 0.1) is 6.92 Å². The number of rotatable bonds is 12. The molecule has 2 aromatic carbocycles. The zero-order valence-corrected chi connectivity index (χ0v) is 19.0. The Kier molecular flexibility index (Phi) is 9.94. The molecule has 2 N–H and O–H groups in total. The number of hydrogen-bond donors (Lipinski definition) is 2. The van der Waals surface area contributed by atoms with Crippen molar-refractivity contribution in [2.75, 3.05) is 45.2 Å². The maximum Gasteiger partial charge on any atom is 0.262 e. The van der Waals surface area contributed by atoms with Gasteiger partial charge in [-0.3, -0.25) is 4.79 Å². The van der Waals surface area contributed by atoms with Gasteiger partial charge in [0.15, 0.2) is 18.1 Å². The van der Waals surface area contributed by atoms with Gasteiger partial charge < -0.3 is 25.0 Å². The van der Waals surface area contributed by atoms with Crippen molar-refractivity contribution < 1.29 is 14.3 Å². The molecular weight excluding hydrogens is 402 g/mol. The van der Waals surface area contributed by atoms with E-state index in [1.807, 2.05) is 43.3 Å². The molecule has 0 aliphatic heterocycles. The summed E-state index contributed by atoms with van der Waals surface area (Å²) in [5, 5.41) is 6.63. The Morgan fingerprint density at radius 3 is 2.47 bits per heavy atom. The number of nitrogens with zero attached hydrogens (tertiary/aromatic N) is 1. The second kappa shape index (κ2) is 12.4. The Hall–Kier alpha value is -2.28. The van der Waals surface area contributed by atoms with Crippen LogP contribution in [0.4, 0.5) is 5.69 Å². The lowest BCUT2D eigenvalue weighted by Crippen LogP contribution is -2.31. The number of halogens is 1. The fourth-order valence-corrected chi connectivity index (χ4v) is 3.28. The molecule has 0 unspecified atom stereocenters. The first-order valence-electron chi connectivity index (χ1n) is 10.3. The van der Waals surface area contributed by atoms with Crippen LogP contribution in [0.2, 0.25) is 5.02 Å². The van der Waals surface area contributed by atoms with Crippen LogP contribution in [0.25, 0.3) is 0 Å².